The number of thiophene rings is 1. The highest BCUT2D eigenvalue weighted by Gasteiger charge is 2.03. The van der Waals surface area contributed by atoms with E-state index < -0.39 is 0 Å². The van der Waals surface area contributed by atoms with Gasteiger partial charge in [-0.15, -0.1) is 11.3 Å². The minimum Gasteiger partial charge on any atom is -0.508 e. The molecule has 0 fully saturated rings. The summed E-state index contributed by atoms with van der Waals surface area (Å²) in [6, 6.07) is 7.89. The molecule has 2 aromatic rings. The number of nitrogens with one attached hydrogen (secondary N) is 1. The van der Waals surface area contributed by atoms with Gasteiger partial charge in [-0.3, -0.25) is 0 Å². The molecular formula is C14H17NOS. The van der Waals surface area contributed by atoms with Crippen LogP contribution < -0.4 is 5.32 Å². The number of aromatic hydroxyl groups is 1. The zero-order valence-electron chi connectivity index (χ0n) is 10.4. The van der Waals surface area contributed by atoms with Gasteiger partial charge in [0.1, 0.15) is 5.75 Å². The Balaban J connectivity index is 2.07. The zero-order valence-corrected chi connectivity index (χ0v) is 11.2. The maximum Gasteiger partial charge on any atom is 0.120 e. The van der Waals surface area contributed by atoms with Crippen LogP contribution in [0, 0.1) is 20.8 Å². The summed E-state index contributed by atoms with van der Waals surface area (Å²) in [5.74, 6) is 0.341. The van der Waals surface area contributed by atoms with Crippen LogP contribution in [-0.4, -0.2) is 5.11 Å². The second kappa shape index (κ2) is 4.80. The number of hydrogen-bond acceptors (Lipinski definition) is 3. The van der Waals surface area contributed by atoms with Gasteiger partial charge < -0.3 is 10.4 Å². The van der Waals surface area contributed by atoms with Gasteiger partial charge >= 0.3 is 0 Å². The number of phenols is 1. The SMILES string of the molecule is Cc1cc(CNc2ccc(C)c(O)c2)c(C)s1. The fourth-order valence-corrected chi connectivity index (χ4v) is 2.72. The molecule has 0 atom stereocenters. The van der Waals surface area contributed by atoms with Gasteiger partial charge in [-0.25, -0.2) is 0 Å². The first kappa shape index (κ1) is 12.0. The fourth-order valence-electron chi connectivity index (χ4n) is 1.78. The molecular weight excluding hydrogens is 230 g/mol. The average molecular weight is 247 g/mol. The third-order valence-electron chi connectivity index (χ3n) is 2.84. The molecule has 0 spiro atoms. The van der Waals surface area contributed by atoms with Crippen molar-refractivity contribution >= 4 is 17.0 Å². The maximum atomic E-state index is 9.62. The average Bonchev–Trinajstić information content (AvgIpc) is 2.59. The number of rotatable bonds is 3. The molecule has 0 amide bonds. The van der Waals surface area contributed by atoms with Crippen molar-refractivity contribution in [2.45, 2.75) is 27.3 Å². The number of anilines is 1. The lowest BCUT2D eigenvalue weighted by Gasteiger charge is -2.07. The van der Waals surface area contributed by atoms with E-state index in [9.17, 15) is 5.11 Å². The normalized spacial score (nSPS) is 10.5. The van der Waals surface area contributed by atoms with Crippen molar-refractivity contribution in [3.05, 3.63) is 45.1 Å². The quantitative estimate of drug-likeness (QED) is 0.859. The number of hydrogen-bond donors (Lipinski definition) is 2. The van der Waals surface area contributed by atoms with Gasteiger partial charge in [0, 0.05) is 28.1 Å². The number of phenolic OH excluding ortho intramolecular Hbond substituents is 1. The molecule has 0 bridgehead atoms. The highest BCUT2D eigenvalue weighted by atomic mass is 32.1. The second-order valence-electron chi connectivity index (χ2n) is 4.29. The molecule has 0 unspecified atom stereocenters. The molecule has 2 N–H and O–H groups in total. The first-order valence-corrected chi connectivity index (χ1v) is 6.47. The molecule has 90 valence electrons. The summed E-state index contributed by atoms with van der Waals surface area (Å²) in [5, 5.41) is 12.9. The molecule has 2 rings (SSSR count). The summed E-state index contributed by atoms with van der Waals surface area (Å²) in [4.78, 5) is 2.69. The van der Waals surface area contributed by atoms with Crippen LogP contribution in [0.25, 0.3) is 0 Å². The summed E-state index contributed by atoms with van der Waals surface area (Å²) < 4.78 is 0. The van der Waals surface area contributed by atoms with Gasteiger partial charge in [-0.05, 0) is 44.0 Å². The Kier molecular flexibility index (Phi) is 3.38. The van der Waals surface area contributed by atoms with E-state index in [1.807, 2.05) is 30.4 Å². The van der Waals surface area contributed by atoms with E-state index in [2.05, 4.69) is 25.2 Å². The Bertz CT molecular complexity index is 531. The van der Waals surface area contributed by atoms with Crippen molar-refractivity contribution in [2.75, 3.05) is 5.32 Å². The smallest absolute Gasteiger partial charge is 0.120 e. The molecule has 3 heteroatoms. The molecule has 1 heterocycles. The minimum absolute atomic E-state index is 0.341. The van der Waals surface area contributed by atoms with Crippen LogP contribution in [-0.2, 0) is 6.54 Å². The van der Waals surface area contributed by atoms with Crippen LogP contribution in [0.4, 0.5) is 5.69 Å². The second-order valence-corrected chi connectivity index (χ2v) is 5.75. The molecule has 0 aliphatic carbocycles. The summed E-state index contributed by atoms with van der Waals surface area (Å²) >= 11 is 1.82. The van der Waals surface area contributed by atoms with Crippen molar-refractivity contribution in [1.82, 2.24) is 0 Å². The molecule has 17 heavy (non-hydrogen) atoms. The van der Waals surface area contributed by atoms with E-state index in [1.54, 1.807) is 6.07 Å². The third kappa shape index (κ3) is 2.80. The lowest BCUT2D eigenvalue weighted by Crippen LogP contribution is -1.99. The van der Waals surface area contributed by atoms with Crippen molar-refractivity contribution < 1.29 is 5.11 Å². The molecule has 2 nitrogen and oxygen atoms in total. The predicted octanol–water partition coefficient (Wildman–Crippen LogP) is 3.99. The zero-order chi connectivity index (χ0) is 12.4. The third-order valence-corrected chi connectivity index (χ3v) is 3.84. The van der Waals surface area contributed by atoms with E-state index in [1.165, 1.54) is 15.3 Å². The van der Waals surface area contributed by atoms with Gasteiger partial charge in [-0.2, -0.15) is 0 Å². The minimum atomic E-state index is 0.341. The van der Waals surface area contributed by atoms with Gasteiger partial charge in [0.2, 0.25) is 0 Å². The van der Waals surface area contributed by atoms with E-state index >= 15 is 0 Å². The Hall–Kier alpha value is -1.48. The Labute approximate surface area is 106 Å². The van der Waals surface area contributed by atoms with E-state index in [0.717, 1.165) is 17.8 Å². The first-order chi connectivity index (χ1) is 8.06. The summed E-state index contributed by atoms with van der Waals surface area (Å²) in [5.41, 5.74) is 3.18. The van der Waals surface area contributed by atoms with Crippen LogP contribution in [0.2, 0.25) is 0 Å². The van der Waals surface area contributed by atoms with Crippen LogP contribution in [0.5, 0.6) is 5.75 Å². The molecule has 0 aliphatic heterocycles. The number of benzene rings is 1. The number of aryl methyl sites for hydroxylation is 3. The highest BCUT2D eigenvalue weighted by molar-refractivity contribution is 7.12. The van der Waals surface area contributed by atoms with E-state index in [-0.39, 0.29) is 0 Å². The molecule has 1 aromatic carbocycles. The standard InChI is InChI=1S/C14H17NOS/c1-9-4-5-13(7-14(9)16)15-8-12-6-10(2)17-11(12)3/h4-7,15-16H,8H2,1-3H3. The van der Waals surface area contributed by atoms with Gasteiger partial charge in [0.25, 0.3) is 0 Å². The van der Waals surface area contributed by atoms with Crippen molar-refractivity contribution in [3.63, 3.8) is 0 Å². The van der Waals surface area contributed by atoms with E-state index in [0.29, 0.717) is 5.75 Å². The summed E-state index contributed by atoms with van der Waals surface area (Å²) in [6.07, 6.45) is 0. The van der Waals surface area contributed by atoms with Gasteiger partial charge in [0.15, 0.2) is 0 Å². The summed E-state index contributed by atoms with van der Waals surface area (Å²) in [7, 11) is 0. The first-order valence-electron chi connectivity index (χ1n) is 5.65. The topological polar surface area (TPSA) is 32.3 Å². The lowest BCUT2D eigenvalue weighted by atomic mass is 10.2. The van der Waals surface area contributed by atoms with Crippen LogP contribution in [0.3, 0.4) is 0 Å². The van der Waals surface area contributed by atoms with Gasteiger partial charge in [0.05, 0.1) is 0 Å². The Morgan fingerprint density at radius 2 is 1.94 bits per heavy atom. The highest BCUT2D eigenvalue weighted by Crippen LogP contribution is 2.24. The van der Waals surface area contributed by atoms with E-state index in [4.69, 9.17) is 0 Å². The van der Waals surface area contributed by atoms with Crippen LogP contribution in [0.1, 0.15) is 20.9 Å². The summed E-state index contributed by atoms with van der Waals surface area (Å²) in [6.45, 7) is 6.96. The van der Waals surface area contributed by atoms with Crippen LogP contribution >= 0.6 is 11.3 Å². The Morgan fingerprint density at radius 3 is 2.53 bits per heavy atom. The van der Waals surface area contributed by atoms with Crippen molar-refractivity contribution in [1.29, 1.82) is 0 Å². The molecule has 1 aromatic heterocycles. The predicted molar refractivity (Wildman–Crippen MR) is 74.0 cm³/mol. The van der Waals surface area contributed by atoms with Crippen molar-refractivity contribution in [3.8, 4) is 5.75 Å². The van der Waals surface area contributed by atoms with Crippen LogP contribution in [0.15, 0.2) is 24.3 Å². The Morgan fingerprint density at radius 1 is 1.18 bits per heavy atom. The largest absolute Gasteiger partial charge is 0.508 e. The molecule has 0 saturated carbocycles. The molecule has 0 saturated heterocycles. The van der Waals surface area contributed by atoms with Gasteiger partial charge in [-0.1, -0.05) is 6.07 Å². The lowest BCUT2D eigenvalue weighted by molar-refractivity contribution is 0.471. The molecule has 0 aliphatic rings. The van der Waals surface area contributed by atoms with Crippen molar-refractivity contribution in [2.24, 2.45) is 0 Å². The maximum absolute atomic E-state index is 9.62. The fraction of sp³-hybridized carbons (Fsp3) is 0.286. The monoisotopic (exact) mass is 247 g/mol. The molecule has 0 radical (unpaired) electrons.